The summed E-state index contributed by atoms with van der Waals surface area (Å²) in [6.45, 7) is 0. The topological polar surface area (TPSA) is 113 Å². The molecule has 0 bridgehead atoms. The minimum atomic E-state index is -4.08. The molecule has 2 aromatic rings. The molecule has 0 saturated heterocycles. The standard InChI is InChI=1S/C11H6FN3O4S2/c12-7-1-3-9(10(5-7)15(16)17)14-21(18,19)11-4-2-8(6-13)20-11/h1-5,14H. The molecule has 10 heteroatoms. The second-order valence-corrected chi connectivity index (χ2v) is 6.75. The first-order valence-electron chi connectivity index (χ1n) is 5.30. The maximum atomic E-state index is 13.0. The lowest BCUT2D eigenvalue weighted by Crippen LogP contribution is -2.12. The highest BCUT2D eigenvalue weighted by molar-refractivity contribution is 7.94. The number of thiophene rings is 1. The molecule has 1 aromatic heterocycles. The van der Waals surface area contributed by atoms with E-state index in [1.54, 1.807) is 6.07 Å². The van der Waals surface area contributed by atoms with Crippen LogP contribution in [0.2, 0.25) is 0 Å². The first kappa shape index (κ1) is 14.9. The molecule has 0 atom stereocenters. The van der Waals surface area contributed by atoms with E-state index in [0.29, 0.717) is 6.07 Å². The molecule has 0 aliphatic heterocycles. The largest absolute Gasteiger partial charge is 0.296 e. The zero-order valence-corrected chi connectivity index (χ0v) is 11.7. The molecule has 0 aliphatic rings. The third-order valence-electron chi connectivity index (χ3n) is 2.36. The van der Waals surface area contributed by atoms with Crippen molar-refractivity contribution in [3.8, 4) is 6.07 Å². The summed E-state index contributed by atoms with van der Waals surface area (Å²) < 4.78 is 39.0. The minimum absolute atomic E-state index is 0.169. The van der Waals surface area contributed by atoms with Crippen molar-refractivity contribution in [1.82, 2.24) is 0 Å². The van der Waals surface area contributed by atoms with Gasteiger partial charge in [0.1, 0.15) is 26.7 Å². The number of hydrogen-bond donors (Lipinski definition) is 1. The van der Waals surface area contributed by atoms with Crippen LogP contribution in [-0.4, -0.2) is 13.3 Å². The lowest BCUT2D eigenvalue weighted by atomic mass is 10.3. The summed E-state index contributed by atoms with van der Waals surface area (Å²) in [5.41, 5.74) is -1.05. The molecule has 2 rings (SSSR count). The molecule has 0 fully saturated rings. The second-order valence-electron chi connectivity index (χ2n) is 3.75. The van der Waals surface area contributed by atoms with Crippen LogP contribution in [0.1, 0.15) is 4.88 Å². The van der Waals surface area contributed by atoms with Gasteiger partial charge in [-0.2, -0.15) is 5.26 Å². The van der Waals surface area contributed by atoms with Crippen LogP contribution in [0.15, 0.2) is 34.5 Å². The predicted octanol–water partition coefficient (Wildman–Crippen LogP) is 2.47. The number of hydrogen-bond acceptors (Lipinski definition) is 6. The average Bonchev–Trinajstić information content (AvgIpc) is 2.90. The normalized spacial score (nSPS) is 10.9. The molecule has 0 spiro atoms. The van der Waals surface area contributed by atoms with E-state index in [0.717, 1.165) is 23.5 Å². The first-order valence-corrected chi connectivity index (χ1v) is 7.60. The van der Waals surface area contributed by atoms with E-state index >= 15 is 0 Å². The van der Waals surface area contributed by atoms with Crippen LogP contribution in [0.3, 0.4) is 0 Å². The number of benzene rings is 1. The molecule has 21 heavy (non-hydrogen) atoms. The Kier molecular flexibility index (Phi) is 3.88. The van der Waals surface area contributed by atoms with E-state index in [2.05, 4.69) is 0 Å². The van der Waals surface area contributed by atoms with Crippen molar-refractivity contribution in [1.29, 1.82) is 5.26 Å². The summed E-state index contributed by atoms with van der Waals surface area (Å²) in [6.07, 6.45) is 0. The monoisotopic (exact) mass is 327 g/mol. The number of anilines is 1. The molecule has 1 aromatic carbocycles. The second kappa shape index (κ2) is 5.47. The van der Waals surface area contributed by atoms with Crippen LogP contribution in [0.4, 0.5) is 15.8 Å². The van der Waals surface area contributed by atoms with Crippen LogP contribution in [-0.2, 0) is 10.0 Å². The highest BCUT2D eigenvalue weighted by atomic mass is 32.2. The molecular weight excluding hydrogens is 321 g/mol. The zero-order valence-electron chi connectivity index (χ0n) is 10.1. The van der Waals surface area contributed by atoms with Crippen molar-refractivity contribution in [2.24, 2.45) is 0 Å². The van der Waals surface area contributed by atoms with Gasteiger partial charge in [-0.3, -0.25) is 14.8 Å². The quantitative estimate of drug-likeness (QED) is 0.684. The fourth-order valence-electron chi connectivity index (χ4n) is 1.46. The molecule has 0 radical (unpaired) electrons. The lowest BCUT2D eigenvalue weighted by molar-refractivity contribution is -0.384. The lowest BCUT2D eigenvalue weighted by Gasteiger charge is -2.06. The van der Waals surface area contributed by atoms with E-state index in [-0.39, 0.29) is 14.8 Å². The molecule has 0 aliphatic carbocycles. The Balaban J connectivity index is 2.42. The van der Waals surface area contributed by atoms with Crippen LogP contribution in [0.5, 0.6) is 0 Å². The first-order chi connectivity index (χ1) is 9.83. The van der Waals surface area contributed by atoms with Gasteiger partial charge in [0.05, 0.1) is 11.0 Å². The van der Waals surface area contributed by atoms with E-state index < -0.39 is 26.5 Å². The Labute approximate surface area is 122 Å². The van der Waals surface area contributed by atoms with Gasteiger partial charge < -0.3 is 0 Å². The van der Waals surface area contributed by atoms with Crippen molar-refractivity contribution in [2.45, 2.75) is 4.21 Å². The number of halogens is 1. The maximum Gasteiger partial charge on any atom is 0.296 e. The summed E-state index contributed by atoms with van der Waals surface area (Å²) in [5, 5.41) is 19.5. The molecule has 0 unspecified atom stereocenters. The van der Waals surface area contributed by atoms with E-state index in [1.807, 2.05) is 4.72 Å². The number of sulfonamides is 1. The van der Waals surface area contributed by atoms with Gasteiger partial charge in [-0.25, -0.2) is 12.8 Å². The summed E-state index contributed by atoms with van der Waals surface area (Å²) in [7, 11) is -4.08. The Morgan fingerprint density at radius 2 is 2.05 bits per heavy atom. The van der Waals surface area contributed by atoms with Crippen molar-refractivity contribution in [3.63, 3.8) is 0 Å². The SMILES string of the molecule is N#Cc1ccc(S(=O)(=O)Nc2ccc(F)cc2[N+](=O)[O-])s1. The van der Waals surface area contributed by atoms with Crippen molar-refractivity contribution >= 4 is 32.7 Å². The third kappa shape index (κ3) is 3.15. The highest BCUT2D eigenvalue weighted by Gasteiger charge is 2.22. The molecule has 1 N–H and O–H groups in total. The third-order valence-corrected chi connectivity index (χ3v) is 5.20. The highest BCUT2D eigenvalue weighted by Crippen LogP contribution is 2.29. The smallest absolute Gasteiger partial charge is 0.272 e. The Morgan fingerprint density at radius 3 is 2.62 bits per heavy atom. The van der Waals surface area contributed by atoms with Crippen molar-refractivity contribution < 1.29 is 17.7 Å². The van der Waals surface area contributed by atoms with Crippen LogP contribution >= 0.6 is 11.3 Å². The van der Waals surface area contributed by atoms with Gasteiger partial charge in [-0.1, -0.05) is 0 Å². The molecule has 0 saturated carbocycles. The van der Waals surface area contributed by atoms with Gasteiger partial charge in [-0.05, 0) is 24.3 Å². The number of nitrogens with one attached hydrogen (secondary N) is 1. The molecule has 7 nitrogen and oxygen atoms in total. The van der Waals surface area contributed by atoms with Crippen LogP contribution in [0.25, 0.3) is 0 Å². The van der Waals surface area contributed by atoms with Gasteiger partial charge in [0.2, 0.25) is 0 Å². The van der Waals surface area contributed by atoms with E-state index in [1.165, 1.54) is 12.1 Å². The minimum Gasteiger partial charge on any atom is -0.272 e. The average molecular weight is 327 g/mol. The number of nitrogens with zero attached hydrogens (tertiary/aromatic N) is 2. The Bertz CT molecular complexity index is 855. The van der Waals surface area contributed by atoms with Crippen LogP contribution < -0.4 is 4.72 Å². The summed E-state index contributed by atoms with van der Waals surface area (Å²) in [6, 6.07) is 6.80. The van der Waals surface area contributed by atoms with Crippen molar-refractivity contribution in [2.75, 3.05) is 4.72 Å². The fourth-order valence-corrected chi connectivity index (χ4v) is 3.64. The molecule has 1 heterocycles. The summed E-state index contributed by atoms with van der Waals surface area (Å²) >= 11 is 0.721. The summed E-state index contributed by atoms with van der Waals surface area (Å²) in [5.74, 6) is -0.854. The number of nitro groups is 1. The van der Waals surface area contributed by atoms with Gasteiger partial charge in [-0.15, -0.1) is 11.3 Å². The predicted molar refractivity (Wildman–Crippen MR) is 72.9 cm³/mol. The Hall–Kier alpha value is -2.51. The Morgan fingerprint density at radius 1 is 1.33 bits per heavy atom. The number of nitro benzene ring substituents is 1. The summed E-state index contributed by atoms with van der Waals surface area (Å²) in [4.78, 5) is 10.1. The van der Waals surface area contributed by atoms with Gasteiger partial charge in [0.25, 0.3) is 15.7 Å². The van der Waals surface area contributed by atoms with Crippen LogP contribution in [0, 0.1) is 27.3 Å². The number of rotatable bonds is 4. The number of nitriles is 1. The van der Waals surface area contributed by atoms with Gasteiger partial charge in [0, 0.05) is 0 Å². The van der Waals surface area contributed by atoms with Gasteiger partial charge >= 0.3 is 0 Å². The van der Waals surface area contributed by atoms with E-state index in [4.69, 9.17) is 5.26 Å². The zero-order chi connectivity index (χ0) is 15.6. The van der Waals surface area contributed by atoms with Gasteiger partial charge in [0.15, 0.2) is 0 Å². The molecule has 108 valence electrons. The maximum absolute atomic E-state index is 13.0. The van der Waals surface area contributed by atoms with E-state index in [9.17, 15) is 22.9 Å². The van der Waals surface area contributed by atoms with Crippen molar-refractivity contribution in [3.05, 3.63) is 51.1 Å². The molecular formula is C11H6FN3O4S2. The molecule has 0 amide bonds. The fraction of sp³-hybridized carbons (Fsp3) is 0.